The highest BCUT2D eigenvalue weighted by atomic mass is 16.3. The largest absolute Gasteiger partial charge is 0.393 e. The van der Waals surface area contributed by atoms with Gasteiger partial charge in [-0.05, 0) is 68.7 Å². The Bertz CT molecular complexity index is 1100. The highest BCUT2D eigenvalue weighted by molar-refractivity contribution is 5.94. The molecule has 2 aliphatic rings. The Balaban J connectivity index is 1.42. The maximum Gasteiger partial charge on any atom is 0.224 e. The smallest absolute Gasteiger partial charge is 0.224 e. The zero-order valence-corrected chi connectivity index (χ0v) is 21.4. The number of benzene rings is 1. The zero-order valence-electron chi connectivity index (χ0n) is 21.4. The first-order valence-corrected chi connectivity index (χ1v) is 13.8. The molecular weight excluding hydrogens is 434 g/mol. The van der Waals surface area contributed by atoms with Crippen molar-refractivity contribution in [3.8, 4) is 11.1 Å². The molecule has 2 aromatic heterocycles. The van der Waals surface area contributed by atoms with Crippen LogP contribution in [0, 0.1) is 5.92 Å². The number of rotatable bonds is 11. The first-order valence-electron chi connectivity index (χ1n) is 13.8. The summed E-state index contributed by atoms with van der Waals surface area (Å²) in [5.74, 6) is 1.62. The molecule has 6 heteroatoms. The van der Waals surface area contributed by atoms with Crippen LogP contribution in [0.3, 0.4) is 0 Å². The van der Waals surface area contributed by atoms with E-state index in [1.165, 1.54) is 42.4 Å². The number of fused-ring (bicyclic) bond motifs is 1. The van der Waals surface area contributed by atoms with Crippen LogP contribution in [0.4, 0.5) is 5.95 Å². The molecule has 0 spiro atoms. The highest BCUT2D eigenvalue weighted by Crippen LogP contribution is 2.37. The van der Waals surface area contributed by atoms with Crippen LogP contribution < -0.4 is 5.32 Å². The number of aliphatic hydroxyl groups excluding tert-OH is 1. The first-order chi connectivity index (χ1) is 17.1. The Hall–Kier alpha value is -2.44. The molecule has 0 amide bonds. The molecule has 2 heterocycles. The lowest BCUT2D eigenvalue weighted by atomic mass is 9.93. The van der Waals surface area contributed by atoms with Crippen molar-refractivity contribution in [2.24, 2.45) is 5.92 Å². The van der Waals surface area contributed by atoms with Gasteiger partial charge >= 0.3 is 0 Å². The summed E-state index contributed by atoms with van der Waals surface area (Å²) in [7, 11) is 0. The van der Waals surface area contributed by atoms with Crippen LogP contribution in [0.15, 0.2) is 36.7 Å². The summed E-state index contributed by atoms with van der Waals surface area (Å²) < 4.78 is 2.36. The maximum absolute atomic E-state index is 10.1. The minimum absolute atomic E-state index is 0.162. The number of hydrogen-bond acceptors (Lipinski definition) is 5. The molecule has 3 aromatic rings. The minimum atomic E-state index is -0.162. The fourth-order valence-electron chi connectivity index (χ4n) is 5.47. The van der Waals surface area contributed by atoms with Gasteiger partial charge in [0, 0.05) is 42.5 Å². The van der Waals surface area contributed by atoms with Crippen molar-refractivity contribution >= 4 is 17.0 Å². The molecule has 0 bridgehead atoms. The summed E-state index contributed by atoms with van der Waals surface area (Å²) >= 11 is 0. The number of hydrogen-bond donors (Lipinski definition) is 2. The molecule has 0 saturated heterocycles. The second kappa shape index (κ2) is 11.1. The third kappa shape index (κ3) is 5.87. The van der Waals surface area contributed by atoms with Gasteiger partial charge in [0.1, 0.15) is 5.65 Å². The van der Waals surface area contributed by atoms with Crippen molar-refractivity contribution in [2.75, 3.05) is 25.0 Å². The predicted molar refractivity (Wildman–Crippen MR) is 144 cm³/mol. The molecule has 2 aliphatic carbocycles. The molecule has 188 valence electrons. The molecule has 35 heavy (non-hydrogen) atoms. The van der Waals surface area contributed by atoms with Crippen LogP contribution >= 0.6 is 0 Å². The Morgan fingerprint density at radius 2 is 1.83 bits per heavy atom. The lowest BCUT2D eigenvalue weighted by Gasteiger charge is -2.27. The van der Waals surface area contributed by atoms with Crippen molar-refractivity contribution in [1.82, 2.24) is 19.4 Å². The molecule has 1 aromatic carbocycles. The van der Waals surface area contributed by atoms with E-state index in [4.69, 9.17) is 4.98 Å². The van der Waals surface area contributed by atoms with Gasteiger partial charge in [0.2, 0.25) is 5.95 Å². The summed E-state index contributed by atoms with van der Waals surface area (Å²) in [5, 5.41) is 14.6. The average molecular weight is 476 g/mol. The molecule has 2 N–H and O–H groups in total. The first kappa shape index (κ1) is 24.3. The van der Waals surface area contributed by atoms with E-state index in [1.54, 1.807) is 0 Å². The van der Waals surface area contributed by atoms with Gasteiger partial charge in [-0.3, -0.25) is 4.90 Å². The van der Waals surface area contributed by atoms with E-state index in [9.17, 15) is 5.11 Å². The van der Waals surface area contributed by atoms with E-state index in [-0.39, 0.29) is 6.10 Å². The maximum atomic E-state index is 10.1. The van der Waals surface area contributed by atoms with Gasteiger partial charge < -0.3 is 15.0 Å². The third-order valence-corrected chi connectivity index (χ3v) is 7.82. The SMILES string of the molecule is CCCN(CC)Cc1ccc(-c2cn(C3CCC(O)CC3)c3nc(NCCC4CC4)ncc23)cc1. The van der Waals surface area contributed by atoms with Crippen LogP contribution in [-0.4, -0.2) is 50.3 Å². The molecule has 5 rings (SSSR count). The quantitative estimate of drug-likeness (QED) is 0.355. The lowest BCUT2D eigenvalue weighted by molar-refractivity contribution is 0.111. The van der Waals surface area contributed by atoms with Crippen molar-refractivity contribution < 1.29 is 5.11 Å². The van der Waals surface area contributed by atoms with Gasteiger partial charge in [-0.15, -0.1) is 0 Å². The van der Waals surface area contributed by atoms with Gasteiger partial charge in [0.05, 0.1) is 6.10 Å². The molecular formula is C29H41N5O. The van der Waals surface area contributed by atoms with Gasteiger partial charge in [0.25, 0.3) is 0 Å². The number of aromatic nitrogens is 3. The fraction of sp³-hybridized carbons (Fsp3) is 0.586. The van der Waals surface area contributed by atoms with E-state index in [2.05, 4.69) is 64.1 Å². The van der Waals surface area contributed by atoms with Crippen molar-refractivity contribution in [2.45, 2.75) is 83.9 Å². The summed E-state index contributed by atoms with van der Waals surface area (Å²) in [6.45, 7) is 8.62. The van der Waals surface area contributed by atoms with Crippen molar-refractivity contribution in [3.05, 3.63) is 42.2 Å². The molecule has 6 nitrogen and oxygen atoms in total. The Morgan fingerprint density at radius 3 is 2.51 bits per heavy atom. The Kier molecular flexibility index (Phi) is 7.69. The number of nitrogens with one attached hydrogen (secondary N) is 1. The molecule has 2 saturated carbocycles. The summed E-state index contributed by atoms with van der Waals surface area (Å²) in [5.41, 5.74) is 4.77. The number of nitrogens with zero attached hydrogens (tertiary/aromatic N) is 4. The predicted octanol–water partition coefficient (Wildman–Crippen LogP) is 6.02. The van der Waals surface area contributed by atoms with Crippen molar-refractivity contribution in [3.63, 3.8) is 0 Å². The fourth-order valence-corrected chi connectivity index (χ4v) is 5.47. The van der Waals surface area contributed by atoms with Crippen LogP contribution in [-0.2, 0) is 6.54 Å². The van der Waals surface area contributed by atoms with E-state index in [0.29, 0.717) is 6.04 Å². The van der Waals surface area contributed by atoms with Gasteiger partial charge in [-0.25, -0.2) is 4.98 Å². The lowest BCUT2D eigenvalue weighted by Crippen LogP contribution is -2.23. The van der Waals surface area contributed by atoms with Gasteiger partial charge in [-0.2, -0.15) is 4.98 Å². The monoisotopic (exact) mass is 475 g/mol. The Labute approximate surface area is 209 Å². The topological polar surface area (TPSA) is 66.2 Å². The number of aliphatic hydroxyl groups is 1. The van der Waals surface area contributed by atoms with E-state index in [1.807, 2.05) is 6.20 Å². The molecule has 0 aliphatic heterocycles. The second-order valence-electron chi connectivity index (χ2n) is 10.6. The van der Waals surface area contributed by atoms with Crippen molar-refractivity contribution in [1.29, 1.82) is 0 Å². The van der Waals surface area contributed by atoms with Gasteiger partial charge in [0.15, 0.2) is 0 Å². The standard InChI is InChI=1S/C29H41N5O/c1-3-17-33(4-2)19-22-7-9-23(10-8-22)27-20-34(24-11-13-25(35)14-12-24)28-26(27)18-31-29(32-28)30-16-15-21-5-6-21/h7-10,18,20-21,24-25,35H,3-6,11-17,19H2,1-2H3,(H,30,31,32). The summed E-state index contributed by atoms with van der Waals surface area (Å²) in [6.07, 6.45) is 12.9. The molecule has 0 unspecified atom stereocenters. The molecule has 0 atom stereocenters. The molecule has 0 radical (unpaired) electrons. The van der Waals surface area contributed by atoms with Gasteiger partial charge in [-0.1, -0.05) is 51.0 Å². The summed E-state index contributed by atoms with van der Waals surface area (Å²) in [6, 6.07) is 9.40. The molecule has 2 fully saturated rings. The Morgan fingerprint density at radius 1 is 1.06 bits per heavy atom. The number of anilines is 1. The van der Waals surface area contributed by atoms with Crippen LogP contribution in [0.25, 0.3) is 22.2 Å². The second-order valence-corrected chi connectivity index (χ2v) is 10.6. The highest BCUT2D eigenvalue weighted by Gasteiger charge is 2.25. The third-order valence-electron chi connectivity index (χ3n) is 7.82. The normalized spacial score (nSPS) is 20.6. The van der Waals surface area contributed by atoms with E-state index in [0.717, 1.165) is 74.8 Å². The minimum Gasteiger partial charge on any atom is -0.393 e. The van der Waals surface area contributed by atoms with E-state index >= 15 is 0 Å². The van der Waals surface area contributed by atoms with Crippen LogP contribution in [0.2, 0.25) is 0 Å². The van der Waals surface area contributed by atoms with Crippen LogP contribution in [0.5, 0.6) is 0 Å². The van der Waals surface area contributed by atoms with E-state index < -0.39 is 0 Å². The zero-order chi connectivity index (χ0) is 24.2. The average Bonchev–Trinajstić information content (AvgIpc) is 3.63. The summed E-state index contributed by atoms with van der Waals surface area (Å²) in [4.78, 5) is 12.2. The van der Waals surface area contributed by atoms with Crippen LogP contribution in [0.1, 0.15) is 76.8 Å².